The van der Waals surface area contributed by atoms with E-state index < -0.39 is 8.60 Å². The van der Waals surface area contributed by atoms with Gasteiger partial charge in [-0.1, -0.05) is 72.8 Å². The SMILES string of the molecule is c1ccc2c(c1)CCCC2OP(OC1CCCc2ccccc21)OC1CCCc2ccccc21. The highest BCUT2D eigenvalue weighted by atomic mass is 31.2. The van der Waals surface area contributed by atoms with Crippen molar-refractivity contribution >= 4 is 8.60 Å². The van der Waals surface area contributed by atoms with E-state index >= 15 is 0 Å². The van der Waals surface area contributed by atoms with Gasteiger partial charge < -0.3 is 13.6 Å². The molecule has 3 nitrogen and oxygen atoms in total. The summed E-state index contributed by atoms with van der Waals surface area (Å²) in [5, 5.41) is 0. The van der Waals surface area contributed by atoms with Gasteiger partial charge in [0, 0.05) is 0 Å². The van der Waals surface area contributed by atoms with Crippen molar-refractivity contribution in [2.24, 2.45) is 0 Å². The van der Waals surface area contributed by atoms with Gasteiger partial charge in [0.05, 0.1) is 18.3 Å². The highest BCUT2D eigenvalue weighted by Gasteiger charge is 2.33. The van der Waals surface area contributed by atoms with Gasteiger partial charge in [-0.25, -0.2) is 0 Å². The summed E-state index contributed by atoms with van der Waals surface area (Å²) in [6, 6.07) is 26.2. The van der Waals surface area contributed by atoms with Crippen molar-refractivity contribution in [1.29, 1.82) is 0 Å². The lowest BCUT2D eigenvalue weighted by molar-refractivity contribution is 0.0499. The second-order valence-corrected chi connectivity index (χ2v) is 10.9. The summed E-state index contributed by atoms with van der Waals surface area (Å²) in [5.74, 6) is 0. The predicted octanol–water partition coefficient (Wildman–Crippen LogP) is 8.50. The van der Waals surface area contributed by atoms with Crippen LogP contribution in [0.5, 0.6) is 0 Å². The number of benzene rings is 3. The van der Waals surface area contributed by atoms with Crippen LogP contribution in [0, 0.1) is 0 Å². The molecule has 0 N–H and O–H groups in total. The molecular weight excluding hydrogens is 439 g/mol. The minimum atomic E-state index is -1.50. The van der Waals surface area contributed by atoms with Gasteiger partial charge in [0.1, 0.15) is 0 Å². The summed E-state index contributed by atoms with van der Waals surface area (Å²) in [4.78, 5) is 0. The molecule has 3 aromatic carbocycles. The zero-order chi connectivity index (χ0) is 22.7. The number of aryl methyl sites for hydroxylation is 3. The molecule has 6 rings (SSSR count). The molecular formula is C30H33O3P. The van der Waals surface area contributed by atoms with Crippen molar-refractivity contribution in [3.8, 4) is 0 Å². The average Bonchev–Trinajstić information content (AvgIpc) is 2.89. The van der Waals surface area contributed by atoms with Crippen molar-refractivity contribution in [2.75, 3.05) is 0 Å². The maximum absolute atomic E-state index is 6.77. The lowest BCUT2D eigenvalue weighted by Crippen LogP contribution is -2.17. The molecule has 0 aromatic heterocycles. The zero-order valence-electron chi connectivity index (χ0n) is 19.7. The maximum Gasteiger partial charge on any atom is 0.334 e. The standard InChI is InChI=1S/C30H33O3P/c1-4-16-25-22(10-1)13-7-19-28(25)31-34(32-29-20-8-14-23-11-2-5-17-26(23)29)33-30-21-9-15-24-12-3-6-18-27(24)30/h1-6,10-12,16-18,28-30H,7-9,13-15,19-21H2. The van der Waals surface area contributed by atoms with Crippen LogP contribution >= 0.6 is 8.60 Å². The Morgan fingerprint density at radius 2 is 0.794 bits per heavy atom. The summed E-state index contributed by atoms with van der Waals surface area (Å²) >= 11 is 0. The molecule has 4 heteroatoms. The fourth-order valence-electron chi connectivity index (χ4n) is 5.84. The van der Waals surface area contributed by atoms with Crippen LogP contribution in [0.2, 0.25) is 0 Å². The number of hydrogen-bond donors (Lipinski definition) is 0. The number of rotatable bonds is 6. The first-order valence-corrected chi connectivity index (χ1v) is 14.0. The van der Waals surface area contributed by atoms with E-state index in [0.29, 0.717) is 0 Å². The Morgan fingerprint density at radius 1 is 0.471 bits per heavy atom. The third kappa shape index (κ3) is 4.72. The van der Waals surface area contributed by atoms with Gasteiger partial charge >= 0.3 is 8.60 Å². The molecule has 3 unspecified atom stereocenters. The molecule has 0 heterocycles. The zero-order valence-corrected chi connectivity index (χ0v) is 20.6. The third-order valence-electron chi connectivity index (χ3n) is 7.58. The molecule has 0 saturated heterocycles. The average molecular weight is 473 g/mol. The van der Waals surface area contributed by atoms with Crippen molar-refractivity contribution in [1.82, 2.24) is 0 Å². The van der Waals surface area contributed by atoms with E-state index in [9.17, 15) is 0 Å². The van der Waals surface area contributed by atoms with Crippen LogP contribution in [-0.4, -0.2) is 0 Å². The summed E-state index contributed by atoms with van der Waals surface area (Å²) in [7, 11) is -1.50. The van der Waals surface area contributed by atoms with E-state index in [1.807, 2.05) is 0 Å². The molecule has 0 saturated carbocycles. The minimum Gasteiger partial charge on any atom is -0.304 e. The Balaban J connectivity index is 1.28. The Labute approximate surface area is 204 Å². The molecule has 3 aliphatic rings. The van der Waals surface area contributed by atoms with E-state index in [1.54, 1.807) is 0 Å². The number of hydrogen-bond acceptors (Lipinski definition) is 3. The van der Waals surface area contributed by atoms with E-state index in [1.165, 1.54) is 33.4 Å². The first kappa shape index (κ1) is 22.4. The molecule has 0 aliphatic heterocycles. The lowest BCUT2D eigenvalue weighted by Gasteiger charge is -2.34. The fourth-order valence-corrected chi connectivity index (χ4v) is 7.27. The first-order chi connectivity index (χ1) is 16.8. The van der Waals surface area contributed by atoms with E-state index in [2.05, 4.69) is 72.8 Å². The van der Waals surface area contributed by atoms with Crippen molar-refractivity contribution < 1.29 is 13.6 Å². The lowest BCUT2D eigenvalue weighted by atomic mass is 9.90. The number of fused-ring (bicyclic) bond motifs is 3. The first-order valence-electron chi connectivity index (χ1n) is 12.9. The molecule has 3 atom stereocenters. The molecule has 0 amide bonds. The Hall–Kier alpha value is -2.03. The van der Waals surface area contributed by atoms with Gasteiger partial charge in [0.25, 0.3) is 0 Å². The fraction of sp³-hybridized carbons (Fsp3) is 0.400. The quantitative estimate of drug-likeness (QED) is 0.337. The minimum absolute atomic E-state index is 0.0359. The van der Waals surface area contributed by atoms with Crippen LogP contribution in [0.1, 0.15) is 90.2 Å². The summed E-state index contributed by atoms with van der Waals surface area (Å²) < 4.78 is 20.3. The van der Waals surface area contributed by atoms with Crippen molar-refractivity contribution in [3.63, 3.8) is 0 Å². The van der Waals surface area contributed by atoms with Gasteiger partial charge in [-0.2, -0.15) is 0 Å². The molecule has 3 aliphatic carbocycles. The van der Waals surface area contributed by atoms with E-state index in [4.69, 9.17) is 13.6 Å². The topological polar surface area (TPSA) is 27.7 Å². The van der Waals surface area contributed by atoms with Crippen LogP contribution in [-0.2, 0) is 32.8 Å². The Morgan fingerprint density at radius 3 is 1.15 bits per heavy atom. The summed E-state index contributed by atoms with van der Waals surface area (Å²) in [5.41, 5.74) is 8.13. The second kappa shape index (κ2) is 10.3. The van der Waals surface area contributed by atoms with Crippen LogP contribution in [0.3, 0.4) is 0 Å². The largest absolute Gasteiger partial charge is 0.334 e. The summed E-state index contributed by atoms with van der Waals surface area (Å²) in [6.07, 6.45) is 9.97. The Kier molecular flexibility index (Phi) is 6.80. The van der Waals surface area contributed by atoms with Crippen LogP contribution in [0.4, 0.5) is 0 Å². The highest BCUT2D eigenvalue weighted by Crippen LogP contribution is 2.56. The summed E-state index contributed by atoms with van der Waals surface area (Å²) in [6.45, 7) is 0. The molecule has 34 heavy (non-hydrogen) atoms. The van der Waals surface area contributed by atoms with E-state index in [-0.39, 0.29) is 18.3 Å². The van der Waals surface area contributed by atoms with E-state index in [0.717, 1.165) is 57.8 Å². The normalized spacial score (nSPS) is 24.5. The van der Waals surface area contributed by atoms with Gasteiger partial charge in [-0.15, -0.1) is 0 Å². The molecule has 176 valence electrons. The van der Waals surface area contributed by atoms with Gasteiger partial charge in [0.15, 0.2) is 0 Å². The Bertz CT molecular complexity index is 988. The highest BCUT2D eigenvalue weighted by molar-refractivity contribution is 7.41. The van der Waals surface area contributed by atoms with Gasteiger partial charge in [-0.3, -0.25) is 0 Å². The third-order valence-corrected chi connectivity index (χ3v) is 8.86. The second-order valence-electron chi connectivity index (χ2n) is 9.78. The maximum atomic E-state index is 6.77. The molecule has 3 aromatic rings. The van der Waals surface area contributed by atoms with Gasteiger partial charge in [0.2, 0.25) is 0 Å². The molecule has 0 fully saturated rings. The van der Waals surface area contributed by atoms with Crippen LogP contribution < -0.4 is 0 Å². The van der Waals surface area contributed by atoms with Gasteiger partial charge in [-0.05, 0) is 91.2 Å². The van der Waals surface area contributed by atoms with Crippen molar-refractivity contribution in [2.45, 2.75) is 76.1 Å². The molecule has 0 spiro atoms. The smallest absolute Gasteiger partial charge is 0.304 e. The predicted molar refractivity (Wildman–Crippen MR) is 137 cm³/mol. The molecule has 0 bridgehead atoms. The monoisotopic (exact) mass is 472 g/mol. The van der Waals surface area contributed by atoms with Crippen LogP contribution in [0.15, 0.2) is 72.8 Å². The van der Waals surface area contributed by atoms with Crippen molar-refractivity contribution in [3.05, 3.63) is 106 Å². The van der Waals surface area contributed by atoms with Crippen LogP contribution in [0.25, 0.3) is 0 Å². The molecule has 0 radical (unpaired) electrons.